The molecule has 1 unspecified atom stereocenters. The SMILES string of the molecule is CCC(NC(=O)N[C@H]1CCOc2c(F)cccc21)c1c(C)noc1C. The van der Waals surface area contributed by atoms with Gasteiger partial charge in [-0.3, -0.25) is 0 Å². The summed E-state index contributed by atoms with van der Waals surface area (Å²) in [6.07, 6.45) is 1.29. The van der Waals surface area contributed by atoms with Crippen molar-refractivity contribution in [1.29, 1.82) is 0 Å². The van der Waals surface area contributed by atoms with E-state index in [1.807, 2.05) is 20.8 Å². The van der Waals surface area contributed by atoms with Gasteiger partial charge in [0, 0.05) is 17.5 Å². The summed E-state index contributed by atoms with van der Waals surface area (Å²) in [6.45, 7) is 6.02. The lowest BCUT2D eigenvalue weighted by Crippen LogP contribution is -2.41. The van der Waals surface area contributed by atoms with Crippen LogP contribution in [0.2, 0.25) is 0 Å². The van der Waals surface area contributed by atoms with Gasteiger partial charge in [-0.2, -0.15) is 0 Å². The Hall–Kier alpha value is -2.57. The van der Waals surface area contributed by atoms with Crippen LogP contribution in [0.5, 0.6) is 5.75 Å². The van der Waals surface area contributed by atoms with Crippen LogP contribution >= 0.6 is 0 Å². The first kappa shape index (κ1) is 17.3. The minimum Gasteiger partial charge on any atom is -0.490 e. The molecule has 0 radical (unpaired) electrons. The molecule has 0 saturated heterocycles. The summed E-state index contributed by atoms with van der Waals surface area (Å²) >= 11 is 0. The molecule has 0 bridgehead atoms. The first-order valence-electron chi connectivity index (χ1n) is 8.42. The summed E-state index contributed by atoms with van der Waals surface area (Å²) in [5.41, 5.74) is 2.32. The molecule has 134 valence electrons. The van der Waals surface area contributed by atoms with Crippen molar-refractivity contribution in [2.45, 2.75) is 45.7 Å². The molecule has 1 aromatic heterocycles. The number of ether oxygens (including phenoxy) is 1. The number of hydrogen-bond acceptors (Lipinski definition) is 4. The zero-order valence-electron chi connectivity index (χ0n) is 14.6. The van der Waals surface area contributed by atoms with Crippen LogP contribution in [0.3, 0.4) is 0 Å². The highest BCUT2D eigenvalue weighted by Gasteiger charge is 2.27. The maximum atomic E-state index is 13.9. The molecule has 0 aliphatic carbocycles. The third-order valence-corrected chi connectivity index (χ3v) is 4.48. The average molecular weight is 347 g/mol. The molecule has 2 aromatic rings. The molecule has 0 spiro atoms. The topological polar surface area (TPSA) is 76.4 Å². The highest BCUT2D eigenvalue weighted by Crippen LogP contribution is 2.34. The van der Waals surface area contributed by atoms with Crippen LogP contribution in [0.4, 0.5) is 9.18 Å². The van der Waals surface area contributed by atoms with Crippen molar-refractivity contribution in [2.24, 2.45) is 0 Å². The van der Waals surface area contributed by atoms with E-state index >= 15 is 0 Å². The molecule has 1 aliphatic rings. The lowest BCUT2D eigenvalue weighted by atomic mass is 10.00. The van der Waals surface area contributed by atoms with Crippen LogP contribution in [-0.2, 0) is 0 Å². The van der Waals surface area contributed by atoms with Gasteiger partial charge in [-0.05, 0) is 26.3 Å². The standard InChI is InChI=1S/C18H22FN3O3/c1-4-14(16-10(2)22-25-11(16)3)20-18(23)21-15-8-9-24-17-12(15)6-5-7-13(17)19/h5-7,14-15H,4,8-9H2,1-3H3,(H2,20,21,23)/t14?,15-/m0/s1. The number of amides is 2. The molecular formula is C18H22FN3O3. The monoisotopic (exact) mass is 347 g/mol. The summed E-state index contributed by atoms with van der Waals surface area (Å²) in [5.74, 6) is 0.506. The Balaban J connectivity index is 1.72. The number of rotatable bonds is 4. The van der Waals surface area contributed by atoms with Gasteiger partial charge in [-0.25, -0.2) is 9.18 Å². The van der Waals surface area contributed by atoms with E-state index in [1.165, 1.54) is 6.07 Å². The lowest BCUT2D eigenvalue weighted by Gasteiger charge is -2.28. The van der Waals surface area contributed by atoms with Crippen molar-refractivity contribution in [2.75, 3.05) is 6.61 Å². The number of halogens is 1. The maximum Gasteiger partial charge on any atom is 0.315 e. The molecule has 2 heterocycles. The molecule has 1 aromatic carbocycles. The summed E-state index contributed by atoms with van der Waals surface area (Å²) in [7, 11) is 0. The Bertz CT molecular complexity index is 755. The minimum absolute atomic E-state index is 0.196. The molecule has 0 saturated carbocycles. The van der Waals surface area contributed by atoms with Crippen LogP contribution in [-0.4, -0.2) is 17.8 Å². The van der Waals surface area contributed by atoms with E-state index < -0.39 is 5.82 Å². The van der Waals surface area contributed by atoms with Gasteiger partial charge < -0.3 is 19.9 Å². The molecule has 7 heteroatoms. The van der Waals surface area contributed by atoms with Crippen LogP contribution in [0, 0.1) is 19.7 Å². The van der Waals surface area contributed by atoms with Crippen molar-refractivity contribution in [1.82, 2.24) is 15.8 Å². The lowest BCUT2D eigenvalue weighted by molar-refractivity contribution is 0.216. The number of nitrogens with one attached hydrogen (secondary N) is 2. The maximum absolute atomic E-state index is 13.9. The number of carbonyl (C=O) groups is 1. The van der Waals surface area contributed by atoms with Gasteiger partial charge in [0.05, 0.1) is 24.4 Å². The Labute approximate surface area is 145 Å². The number of hydrogen-bond donors (Lipinski definition) is 2. The zero-order chi connectivity index (χ0) is 18.0. The van der Waals surface area contributed by atoms with Crippen molar-refractivity contribution < 1.29 is 18.4 Å². The second-order valence-corrected chi connectivity index (χ2v) is 6.16. The number of carbonyl (C=O) groups excluding carboxylic acids is 1. The van der Waals surface area contributed by atoms with Gasteiger partial charge in [0.25, 0.3) is 0 Å². The Kier molecular flexibility index (Phi) is 4.92. The number of urea groups is 1. The first-order valence-corrected chi connectivity index (χ1v) is 8.42. The average Bonchev–Trinajstić information content (AvgIpc) is 2.92. The second kappa shape index (κ2) is 7.13. The second-order valence-electron chi connectivity index (χ2n) is 6.16. The highest BCUT2D eigenvalue weighted by atomic mass is 19.1. The molecule has 25 heavy (non-hydrogen) atoms. The van der Waals surface area contributed by atoms with Gasteiger partial charge in [-0.15, -0.1) is 0 Å². The van der Waals surface area contributed by atoms with Crippen molar-refractivity contribution in [3.8, 4) is 5.75 Å². The van der Waals surface area contributed by atoms with E-state index in [1.54, 1.807) is 12.1 Å². The number of benzene rings is 1. The fraction of sp³-hybridized carbons (Fsp3) is 0.444. The Morgan fingerprint density at radius 2 is 2.24 bits per heavy atom. The van der Waals surface area contributed by atoms with Crippen LogP contribution in [0.25, 0.3) is 0 Å². The van der Waals surface area contributed by atoms with Crippen LogP contribution in [0.15, 0.2) is 22.7 Å². The highest BCUT2D eigenvalue weighted by molar-refractivity contribution is 5.75. The Morgan fingerprint density at radius 3 is 2.92 bits per heavy atom. The molecule has 6 nitrogen and oxygen atoms in total. The molecular weight excluding hydrogens is 325 g/mol. The summed E-state index contributed by atoms with van der Waals surface area (Å²) in [6, 6.07) is 3.95. The van der Waals surface area contributed by atoms with Crippen LogP contribution in [0.1, 0.15) is 54.4 Å². The predicted octanol–water partition coefficient (Wildman–Crippen LogP) is 3.70. The van der Waals surface area contributed by atoms with E-state index in [9.17, 15) is 9.18 Å². The van der Waals surface area contributed by atoms with Gasteiger partial charge in [0.1, 0.15) is 5.76 Å². The first-order chi connectivity index (χ1) is 12.0. The van der Waals surface area contributed by atoms with Crippen molar-refractivity contribution >= 4 is 6.03 Å². The summed E-state index contributed by atoms with van der Waals surface area (Å²) in [4.78, 5) is 12.5. The minimum atomic E-state index is -0.411. The molecule has 2 amide bonds. The smallest absolute Gasteiger partial charge is 0.315 e. The van der Waals surface area contributed by atoms with Gasteiger partial charge >= 0.3 is 6.03 Å². The van der Waals surface area contributed by atoms with Crippen molar-refractivity contribution in [3.05, 3.63) is 46.6 Å². The number of aromatic nitrogens is 1. The fourth-order valence-corrected chi connectivity index (χ4v) is 3.26. The Morgan fingerprint density at radius 1 is 1.44 bits per heavy atom. The molecule has 2 N–H and O–H groups in total. The van der Waals surface area contributed by atoms with Crippen molar-refractivity contribution in [3.63, 3.8) is 0 Å². The van der Waals surface area contributed by atoms with E-state index in [-0.39, 0.29) is 23.9 Å². The third kappa shape index (κ3) is 3.45. The number of fused-ring (bicyclic) bond motifs is 1. The van der Waals surface area contributed by atoms with E-state index in [4.69, 9.17) is 9.26 Å². The number of nitrogens with zero attached hydrogens (tertiary/aromatic N) is 1. The largest absolute Gasteiger partial charge is 0.490 e. The fourth-order valence-electron chi connectivity index (χ4n) is 3.26. The van der Waals surface area contributed by atoms with E-state index in [0.29, 0.717) is 30.8 Å². The summed E-state index contributed by atoms with van der Waals surface area (Å²) < 4.78 is 24.4. The zero-order valence-corrected chi connectivity index (χ0v) is 14.6. The molecule has 2 atom stereocenters. The molecule has 3 rings (SSSR count). The van der Waals surface area contributed by atoms with Gasteiger partial charge in [-0.1, -0.05) is 24.2 Å². The molecule has 0 fully saturated rings. The predicted molar refractivity (Wildman–Crippen MR) is 89.9 cm³/mol. The summed E-state index contributed by atoms with van der Waals surface area (Å²) in [5, 5.41) is 9.82. The normalized spacial score (nSPS) is 17.4. The van der Waals surface area contributed by atoms with E-state index in [0.717, 1.165) is 11.3 Å². The quantitative estimate of drug-likeness (QED) is 0.884. The van der Waals surface area contributed by atoms with Gasteiger partial charge in [0.15, 0.2) is 11.6 Å². The number of para-hydroxylation sites is 1. The number of aryl methyl sites for hydroxylation is 2. The van der Waals surface area contributed by atoms with E-state index in [2.05, 4.69) is 15.8 Å². The third-order valence-electron chi connectivity index (χ3n) is 4.48. The van der Waals surface area contributed by atoms with Crippen LogP contribution < -0.4 is 15.4 Å². The molecule has 1 aliphatic heterocycles. The van der Waals surface area contributed by atoms with Gasteiger partial charge in [0.2, 0.25) is 0 Å².